The van der Waals surface area contributed by atoms with Crippen LogP contribution in [0.3, 0.4) is 0 Å². The lowest BCUT2D eigenvalue weighted by atomic mass is 10.1. The Bertz CT molecular complexity index is 396. The van der Waals surface area contributed by atoms with Crippen molar-refractivity contribution in [3.05, 3.63) is 23.9 Å². The molecule has 0 spiro atoms. The Morgan fingerprint density at radius 3 is 2.89 bits per heavy atom. The number of hydrogen-bond acceptors (Lipinski definition) is 4. The molecule has 0 radical (unpaired) electrons. The van der Waals surface area contributed by atoms with Crippen LogP contribution in [0.25, 0.3) is 0 Å². The average Bonchev–Trinajstić information content (AvgIpc) is 2.40. The minimum atomic E-state index is -0.0403. The average molecular weight is 248 g/mol. The van der Waals surface area contributed by atoms with Gasteiger partial charge in [-0.1, -0.05) is 0 Å². The molecule has 1 saturated heterocycles. The number of piperidine rings is 1. The summed E-state index contributed by atoms with van der Waals surface area (Å²) in [5, 5.41) is 6.31. The highest BCUT2D eigenvalue weighted by molar-refractivity contribution is 5.94. The summed E-state index contributed by atoms with van der Waals surface area (Å²) in [5.74, 6) is 0.812. The highest BCUT2D eigenvalue weighted by Gasteiger charge is 2.16. The van der Waals surface area contributed by atoms with Crippen LogP contribution in [-0.4, -0.2) is 44.1 Å². The van der Waals surface area contributed by atoms with Gasteiger partial charge in [0.25, 0.3) is 5.91 Å². The lowest BCUT2D eigenvalue weighted by molar-refractivity contribution is 0.0930. The van der Waals surface area contributed by atoms with Crippen LogP contribution in [0.15, 0.2) is 18.3 Å². The molecular weight excluding hydrogens is 228 g/mol. The van der Waals surface area contributed by atoms with Crippen molar-refractivity contribution in [2.75, 3.05) is 32.1 Å². The number of nitrogens with one attached hydrogen (secondary N) is 2. The normalized spacial score (nSPS) is 19.3. The molecule has 1 aromatic heterocycles. The van der Waals surface area contributed by atoms with Gasteiger partial charge in [-0.2, -0.15) is 0 Å². The third-order valence-electron chi connectivity index (χ3n) is 3.10. The van der Waals surface area contributed by atoms with E-state index in [2.05, 4.69) is 15.6 Å². The molecule has 2 heterocycles. The fraction of sp³-hybridized carbons (Fsp3) is 0.538. The number of nitrogens with zero attached hydrogens (tertiary/aromatic N) is 2. The number of aromatic nitrogens is 1. The van der Waals surface area contributed by atoms with Gasteiger partial charge in [0.05, 0.1) is 5.56 Å². The van der Waals surface area contributed by atoms with Gasteiger partial charge in [-0.25, -0.2) is 4.98 Å². The number of rotatable bonds is 3. The van der Waals surface area contributed by atoms with Gasteiger partial charge in [0, 0.05) is 32.9 Å². The van der Waals surface area contributed by atoms with E-state index in [0.29, 0.717) is 5.56 Å². The maximum atomic E-state index is 12.0. The molecule has 1 fully saturated rings. The molecule has 1 unspecified atom stereocenters. The summed E-state index contributed by atoms with van der Waals surface area (Å²) in [6.45, 7) is 1.90. The van der Waals surface area contributed by atoms with E-state index in [1.807, 2.05) is 31.1 Å². The summed E-state index contributed by atoms with van der Waals surface area (Å²) in [4.78, 5) is 18.2. The number of amides is 1. The van der Waals surface area contributed by atoms with Gasteiger partial charge < -0.3 is 15.5 Å². The Hall–Kier alpha value is -1.62. The minimum absolute atomic E-state index is 0.0403. The molecule has 1 aromatic rings. The molecule has 98 valence electrons. The molecule has 0 aromatic carbocycles. The highest BCUT2D eigenvalue weighted by atomic mass is 16.1. The molecule has 2 N–H and O–H groups in total. The molecule has 1 aliphatic heterocycles. The first-order chi connectivity index (χ1) is 8.66. The second-order valence-electron chi connectivity index (χ2n) is 4.82. The van der Waals surface area contributed by atoms with Crippen molar-refractivity contribution in [3.8, 4) is 0 Å². The Morgan fingerprint density at radius 1 is 1.50 bits per heavy atom. The summed E-state index contributed by atoms with van der Waals surface area (Å²) < 4.78 is 0. The van der Waals surface area contributed by atoms with Crippen molar-refractivity contribution in [3.63, 3.8) is 0 Å². The lowest BCUT2D eigenvalue weighted by Crippen LogP contribution is -2.45. The lowest BCUT2D eigenvalue weighted by Gasteiger charge is -2.23. The molecule has 1 amide bonds. The zero-order valence-corrected chi connectivity index (χ0v) is 10.9. The van der Waals surface area contributed by atoms with Crippen molar-refractivity contribution < 1.29 is 4.79 Å². The second-order valence-corrected chi connectivity index (χ2v) is 4.82. The van der Waals surface area contributed by atoms with Crippen LogP contribution < -0.4 is 15.5 Å². The van der Waals surface area contributed by atoms with Crippen LogP contribution in [0.1, 0.15) is 23.2 Å². The number of carbonyl (C=O) groups is 1. The minimum Gasteiger partial charge on any atom is -0.363 e. The van der Waals surface area contributed by atoms with Crippen molar-refractivity contribution >= 4 is 11.7 Å². The van der Waals surface area contributed by atoms with E-state index in [0.717, 1.165) is 31.7 Å². The van der Waals surface area contributed by atoms with Gasteiger partial charge in [-0.3, -0.25) is 4.79 Å². The number of anilines is 1. The number of pyridine rings is 1. The molecule has 0 aliphatic carbocycles. The summed E-state index contributed by atoms with van der Waals surface area (Å²) in [7, 11) is 3.85. The molecular formula is C13H20N4O. The zero-order chi connectivity index (χ0) is 13.0. The molecule has 1 aliphatic rings. The molecule has 1 atom stereocenters. The molecule has 5 nitrogen and oxygen atoms in total. The Labute approximate surface area is 108 Å². The monoisotopic (exact) mass is 248 g/mol. The van der Waals surface area contributed by atoms with Crippen molar-refractivity contribution in [1.82, 2.24) is 15.6 Å². The van der Waals surface area contributed by atoms with Crippen molar-refractivity contribution in [2.45, 2.75) is 18.9 Å². The zero-order valence-electron chi connectivity index (χ0n) is 10.9. The maximum Gasteiger partial charge on any atom is 0.253 e. The number of hydrogen-bond donors (Lipinski definition) is 2. The fourth-order valence-corrected chi connectivity index (χ4v) is 2.03. The summed E-state index contributed by atoms with van der Waals surface area (Å²) in [6.07, 6.45) is 3.78. The van der Waals surface area contributed by atoms with Gasteiger partial charge in [0.15, 0.2) is 0 Å². The molecule has 2 rings (SSSR count). The van der Waals surface area contributed by atoms with Crippen LogP contribution in [0.2, 0.25) is 0 Å². The summed E-state index contributed by atoms with van der Waals surface area (Å²) in [5.41, 5.74) is 0.617. The fourth-order valence-electron chi connectivity index (χ4n) is 2.03. The molecule has 0 saturated carbocycles. The van der Waals surface area contributed by atoms with Crippen LogP contribution in [0, 0.1) is 0 Å². The molecule has 5 heteroatoms. The Morgan fingerprint density at radius 2 is 2.33 bits per heavy atom. The van der Waals surface area contributed by atoms with E-state index in [1.165, 1.54) is 0 Å². The van der Waals surface area contributed by atoms with Crippen LogP contribution in [-0.2, 0) is 0 Å². The summed E-state index contributed by atoms with van der Waals surface area (Å²) in [6, 6.07) is 3.90. The van der Waals surface area contributed by atoms with E-state index in [4.69, 9.17) is 0 Å². The van der Waals surface area contributed by atoms with E-state index in [-0.39, 0.29) is 11.9 Å². The van der Waals surface area contributed by atoms with Gasteiger partial charge in [0.2, 0.25) is 0 Å². The third kappa shape index (κ3) is 3.20. The van der Waals surface area contributed by atoms with Crippen LogP contribution in [0.4, 0.5) is 5.82 Å². The standard InChI is InChI=1S/C13H20N4O/c1-17(2)12-6-5-10(8-15-12)13(18)16-11-4-3-7-14-9-11/h5-6,8,11,14H,3-4,7,9H2,1-2H3,(H,16,18). The molecule has 18 heavy (non-hydrogen) atoms. The first kappa shape index (κ1) is 12.8. The highest BCUT2D eigenvalue weighted by Crippen LogP contribution is 2.09. The predicted molar refractivity (Wildman–Crippen MR) is 71.9 cm³/mol. The first-order valence-electron chi connectivity index (χ1n) is 6.32. The van der Waals surface area contributed by atoms with Gasteiger partial charge in [-0.05, 0) is 31.5 Å². The van der Waals surface area contributed by atoms with Gasteiger partial charge in [-0.15, -0.1) is 0 Å². The van der Waals surface area contributed by atoms with Gasteiger partial charge in [0.1, 0.15) is 5.82 Å². The first-order valence-corrected chi connectivity index (χ1v) is 6.32. The van der Waals surface area contributed by atoms with E-state index in [9.17, 15) is 4.79 Å². The predicted octanol–water partition coefficient (Wildman–Crippen LogP) is 0.629. The SMILES string of the molecule is CN(C)c1ccc(C(=O)NC2CCCNC2)cn1. The van der Waals surface area contributed by atoms with Crippen molar-refractivity contribution in [1.29, 1.82) is 0 Å². The second kappa shape index (κ2) is 5.82. The van der Waals surface area contributed by atoms with E-state index >= 15 is 0 Å². The quantitative estimate of drug-likeness (QED) is 0.824. The molecule has 0 bridgehead atoms. The van der Waals surface area contributed by atoms with Gasteiger partial charge >= 0.3 is 0 Å². The topological polar surface area (TPSA) is 57.3 Å². The summed E-state index contributed by atoms with van der Waals surface area (Å²) >= 11 is 0. The Balaban J connectivity index is 1.95. The van der Waals surface area contributed by atoms with Crippen LogP contribution in [0.5, 0.6) is 0 Å². The van der Waals surface area contributed by atoms with E-state index < -0.39 is 0 Å². The largest absolute Gasteiger partial charge is 0.363 e. The number of carbonyl (C=O) groups excluding carboxylic acids is 1. The van der Waals surface area contributed by atoms with Crippen LogP contribution >= 0.6 is 0 Å². The van der Waals surface area contributed by atoms with Crippen molar-refractivity contribution in [2.24, 2.45) is 0 Å². The third-order valence-corrected chi connectivity index (χ3v) is 3.10. The maximum absolute atomic E-state index is 12.0. The Kier molecular flexibility index (Phi) is 4.15. The smallest absolute Gasteiger partial charge is 0.253 e. The van der Waals surface area contributed by atoms with E-state index in [1.54, 1.807) is 6.20 Å².